The summed E-state index contributed by atoms with van der Waals surface area (Å²) >= 11 is 1.62. The number of nitrogens with zero attached hydrogens (tertiary/aromatic N) is 2. The second-order valence-corrected chi connectivity index (χ2v) is 8.48. The number of benzene rings is 2. The van der Waals surface area contributed by atoms with Gasteiger partial charge in [0.25, 0.3) is 0 Å². The number of nitrogens with one attached hydrogen (secondary N) is 1. The summed E-state index contributed by atoms with van der Waals surface area (Å²) in [6.07, 6.45) is 2.78. The second-order valence-electron chi connectivity index (χ2n) is 7.60. The molecule has 0 fully saturated rings. The van der Waals surface area contributed by atoms with Crippen LogP contribution < -0.4 is 10.2 Å². The Hall–Kier alpha value is -3.26. The van der Waals surface area contributed by atoms with Crippen molar-refractivity contribution in [3.05, 3.63) is 70.9 Å². The van der Waals surface area contributed by atoms with Crippen LogP contribution in [0.4, 0.5) is 10.5 Å². The minimum atomic E-state index is -0.590. The Labute approximate surface area is 184 Å². The Morgan fingerprint density at radius 2 is 1.94 bits per heavy atom. The van der Waals surface area contributed by atoms with Gasteiger partial charge in [0.1, 0.15) is 13.2 Å². The number of carbonyl (C=O) groups excluding carboxylic acids is 3. The zero-order valence-electron chi connectivity index (χ0n) is 17.0. The van der Waals surface area contributed by atoms with Crippen molar-refractivity contribution in [2.24, 2.45) is 0 Å². The van der Waals surface area contributed by atoms with Gasteiger partial charge in [-0.25, -0.2) is 9.59 Å². The minimum absolute atomic E-state index is 0.00908. The van der Waals surface area contributed by atoms with Gasteiger partial charge in [-0.1, -0.05) is 30.3 Å². The van der Waals surface area contributed by atoms with Crippen LogP contribution in [0.25, 0.3) is 0 Å². The lowest BCUT2D eigenvalue weighted by molar-refractivity contribution is -0.136. The van der Waals surface area contributed by atoms with E-state index < -0.39 is 18.0 Å². The Balaban J connectivity index is 1.43. The van der Waals surface area contributed by atoms with Gasteiger partial charge < -0.3 is 15.0 Å². The molecule has 0 spiro atoms. The van der Waals surface area contributed by atoms with Crippen LogP contribution in [-0.4, -0.2) is 48.8 Å². The first-order chi connectivity index (χ1) is 15.1. The van der Waals surface area contributed by atoms with Crippen LogP contribution >= 0.6 is 11.8 Å². The van der Waals surface area contributed by atoms with E-state index in [1.54, 1.807) is 16.7 Å². The van der Waals surface area contributed by atoms with E-state index in [2.05, 4.69) is 5.32 Å². The number of thioether (sulfide) groups is 1. The Morgan fingerprint density at radius 3 is 2.71 bits per heavy atom. The number of esters is 1. The molecule has 31 heavy (non-hydrogen) atoms. The van der Waals surface area contributed by atoms with Gasteiger partial charge in [-0.15, -0.1) is 11.8 Å². The molecule has 0 bridgehead atoms. The summed E-state index contributed by atoms with van der Waals surface area (Å²) in [7, 11) is 0. The number of cyclic esters (lactones) is 1. The van der Waals surface area contributed by atoms with Gasteiger partial charge in [0, 0.05) is 17.1 Å². The molecule has 1 atom stereocenters. The quantitative estimate of drug-likeness (QED) is 0.590. The van der Waals surface area contributed by atoms with Crippen LogP contribution in [-0.2, 0) is 20.7 Å². The maximum atomic E-state index is 13.1. The van der Waals surface area contributed by atoms with E-state index in [9.17, 15) is 14.4 Å². The van der Waals surface area contributed by atoms with Crippen molar-refractivity contribution >= 4 is 35.4 Å². The molecule has 0 unspecified atom stereocenters. The fourth-order valence-electron chi connectivity index (χ4n) is 4.34. The second kappa shape index (κ2) is 7.77. The SMILES string of the molecule is CSc1ccc([C@@H]2NC(=O)N(CC(=O)N3CCc4ccccc43)C3=C2C(=O)OC3)cc1. The van der Waals surface area contributed by atoms with E-state index in [-0.39, 0.29) is 19.1 Å². The lowest BCUT2D eigenvalue weighted by Gasteiger charge is -2.33. The molecule has 8 heteroatoms. The van der Waals surface area contributed by atoms with Crippen molar-refractivity contribution in [2.75, 3.05) is 30.9 Å². The molecule has 0 aromatic heterocycles. The van der Waals surface area contributed by atoms with E-state index in [4.69, 9.17) is 4.74 Å². The highest BCUT2D eigenvalue weighted by Gasteiger charge is 2.43. The van der Waals surface area contributed by atoms with E-state index in [0.29, 0.717) is 17.8 Å². The summed E-state index contributed by atoms with van der Waals surface area (Å²) in [5.74, 6) is -0.646. The maximum Gasteiger partial charge on any atom is 0.338 e. The van der Waals surface area contributed by atoms with E-state index in [1.165, 1.54) is 4.90 Å². The molecule has 0 saturated heterocycles. The van der Waals surface area contributed by atoms with Crippen molar-refractivity contribution in [1.82, 2.24) is 10.2 Å². The average Bonchev–Trinajstić information content (AvgIpc) is 3.39. The van der Waals surface area contributed by atoms with Crippen LogP contribution in [0.3, 0.4) is 0 Å². The summed E-state index contributed by atoms with van der Waals surface area (Å²) in [6.45, 7) is 0.429. The van der Waals surface area contributed by atoms with Gasteiger partial charge in [0.2, 0.25) is 5.91 Å². The standard InChI is InChI=1S/C23H21N3O4S/c1-31-16-8-6-15(7-9-16)21-20-18(13-30-22(20)28)26(23(29)24-21)12-19(27)25-11-10-14-4-2-3-5-17(14)25/h2-9,21H,10-13H2,1H3,(H,24,29)/t21-/m0/s1. The molecular weight excluding hydrogens is 414 g/mol. The fourth-order valence-corrected chi connectivity index (χ4v) is 4.75. The molecule has 2 aromatic rings. The molecule has 5 rings (SSSR count). The van der Waals surface area contributed by atoms with Gasteiger partial charge in [-0.2, -0.15) is 0 Å². The Morgan fingerprint density at radius 1 is 1.16 bits per heavy atom. The number of fused-ring (bicyclic) bond motifs is 1. The third-order valence-corrected chi connectivity index (χ3v) is 6.67. The highest BCUT2D eigenvalue weighted by Crippen LogP contribution is 2.36. The smallest absolute Gasteiger partial charge is 0.338 e. The topological polar surface area (TPSA) is 79.0 Å². The van der Waals surface area contributed by atoms with Crippen molar-refractivity contribution in [1.29, 1.82) is 0 Å². The summed E-state index contributed by atoms with van der Waals surface area (Å²) in [4.78, 5) is 42.7. The van der Waals surface area contributed by atoms with Gasteiger partial charge in [-0.05, 0) is 42.0 Å². The van der Waals surface area contributed by atoms with Crippen molar-refractivity contribution in [3.63, 3.8) is 0 Å². The number of para-hydroxylation sites is 1. The normalized spacial score (nSPS) is 19.8. The molecule has 7 nitrogen and oxygen atoms in total. The number of ether oxygens (including phenoxy) is 1. The Kier molecular flexibility index (Phi) is 4.94. The van der Waals surface area contributed by atoms with Crippen LogP contribution in [0.15, 0.2) is 64.7 Å². The summed E-state index contributed by atoms with van der Waals surface area (Å²) in [5, 5.41) is 2.89. The number of urea groups is 1. The first kappa shape index (κ1) is 19.7. The number of amides is 3. The maximum absolute atomic E-state index is 13.1. The minimum Gasteiger partial charge on any atom is -0.456 e. The first-order valence-electron chi connectivity index (χ1n) is 10.1. The molecule has 0 saturated carbocycles. The summed E-state index contributed by atoms with van der Waals surface area (Å²) in [6, 6.07) is 14.5. The van der Waals surface area contributed by atoms with Gasteiger partial charge in [0.05, 0.1) is 17.3 Å². The zero-order chi connectivity index (χ0) is 21.5. The molecule has 3 aliphatic rings. The van der Waals surface area contributed by atoms with Gasteiger partial charge in [-0.3, -0.25) is 9.69 Å². The third-order valence-electron chi connectivity index (χ3n) is 5.93. The van der Waals surface area contributed by atoms with Crippen molar-refractivity contribution in [2.45, 2.75) is 17.4 Å². The molecular formula is C23H21N3O4S. The summed E-state index contributed by atoms with van der Waals surface area (Å²) in [5.41, 5.74) is 3.66. The highest BCUT2D eigenvalue weighted by molar-refractivity contribution is 7.98. The summed E-state index contributed by atoms with van der Waals surface area (Å²) < 4.78 is 5.26. The number of hydrogen-bond acceptors (Lipinski definition) is 5. The van der Waals surface area contributed by atoms with E-state index in [1.807, 2.05) is 54.8 Å². The molecule has 0 radical (unpaired) electrons. The monoisotopic (exact) mass is 435 g/mol. The van der Waals surface area contributed by atoms with Crippen LogP contribution in [0.5, 0.6) is 0 Å². The van der Waals surface area contributed by atoms with Crippen LogP contribution in [0, 0.1) is 0 Å². The van der Waals surface area contributed by atoms with Crippen molar-refractivity contribution < 1.29 is 19.1 Å². The Bertz CT molecular complexity index is 1110. The lowest BCUT2D eigenvalue weighted by atomic mass is 9.96. The van der Waals surface area contributed by atoms with E-state index in [0.717, 1.165) is 28.1 Å². The number of rotatable bonds is 4. The molecule has 1 N–H and O–H groups in total. The van der Waals surface area contributed by atoms with Gasteiger partial charge >= 0.3 is 12.0 Å². The largest absolute Gasteiger partial charge is 0.456 e. The van der Waals surface area contributed by atoms with Crippen LogP contribution in [0.2, 0.25) is 0 Å². The first-order valence-corrected chi connectivity index (χ1v) is 11.3. The molecule has 2 aromatic carbocycles. The third kappa shape index (κ3) is 3.37. The molecule has 158 valence electrons. The lowest BCUT2D eigenvalue weighted by Crippen LogP contribution is -2.51. The molecule has 3 aliphatic heterocycles. The predicted octanol–water partition coefficient (Wildman–Crippen LogP) is 2.88. The zero-order valence-corrected chi connectivity index (χ0v) is 17.8. The molecule has 0 aliphatic carbocycles. The van der Waals surface area contributed by atoms with Gasteiger partial charge in [0.15, 0.2) is 0 Å². The number of carbonyl (C=O) groups is 3. The highest BCUT2D eigenvalue weighted by atomic mass is 32.2. The number of anilines is 1. The molecule has 3 heterocycles. The van der Waals surface area contributed by atoms with E-state index >= 15 is 0 Å². The van der Waals surface area contributed by atoms with Crippen LogP contribution in [0.1, 0.15) is 17.2 Å². The van der Waals surface area contributed by atoms with Crippen molar-refractivity contribution in [3.8, 4) is 0 Å². The average molecular weight is 436 g/mol. The fraction of sp³-hybridized carbons (Fsp3) is 0.261. The number of hydrogen-bond donors (Lipinski definition) is 1. The predicted molar refractivity (Wildman–Crippen MR) is 117 cm³/mol. The molecule has 3 amide bonds.